The third-order valence-electron chi connectivity index (χ3n) is 2.16. The molecule has 0 aliphatic rings. The van der Waals surface area contributed by atoms with Crippen molar-refractivity contribution < 1.29 is 14.7 Å². The van der Waals surface area contributed by atoms with E-state index < -0.39 is 5.97 Å². The molecule has 0 aromatic heterocycles. The van der Waals surface area contributed by atoms with Gasteiger partial charge in [0.1, 0.15) is 0 Å². The van der Waals surface area contributed by atoms with E-state index >= 15 is 0 Å². The highest BCUT2D eigenvalue weighted by Gasteiger charge is 2.08. The van der Waals surface area contributed by atoms with Crippen molar-refractivity contribution in [1.82, 2.24) is 0 Å². The monoisotopic (exact) mass is 290 g/mol. The molecule has 1 aromatic rings. The number of nitrogens with two attached hydrogens (primary N) is 1. The Balaban J connectivity index is 2.57. The lowest BCUT2D eigenvalue weighted by Crippen LogP contribution is -2.12. The van der Waals surface area contributed by atoms with Gasteiger partial charge >= 0.3 is 5.97 Å². The number of hydrogen-bond donors (Lipinski definition) is 3. The maximum atomic E-state index is 11.5. The van der Waals surface area contributed by atoms with Gasteiger partial charge in [0.2, 0.25) is 5.91 Å². The summed E-state index contributed by atoms with van der Waals surface area (Å²) in [5, 5.41) is 11.5. The van der Waals surface area contributed by atoms with Crippen molar-refractivity contribution >= 4 is 46.5 Å². The number of halogens is 2. The summed E-state index contributed by atoms with van der Waals surface area (Å²) in [4.78, 5) is 21.8. The van der Waals surface area contributed by atoms with Gasteiger partial charge in [0.25, 0.3) is 0 Å². The number of amides is 1. The topological polar surface area (TPSA) is 92.4 Å². The van der Waals surface area contributed by atoms with Crippen LogP contribution in [0.5, 0.6) is 0 Å². The summed E-state index contributed by atoms with van der Waals surface area (Å²) in [7, 11) is 0. The molecule has 7 heteroatoms. The summed E-state index contributed by atoms with van der Waals surface area (Å²) in [6, 6.07) is 2.97. The van der Waals surface area contributed by atoms with E-state index in [1.165, 1.54) is 12.1 Å². The number of carboxylic acid groups (broad SMARTS) is 1. The number of carbonyl (C=O) groups is 2. The fraction of sp³-hybridized carbons (Fsp3) is 0.273. The lowest BCUT2D eigenvalue weighted by molar-refractivity contribution is -0.137. The Morgan fingerprint density at radius 1 is 1.22 bits per heavy atom. The zero-order valence-corrected chi connectivity index (χ0v) is 10.9. The zero-order valence-electron chi connectivity index (χ0n) is 9.37. The smallest absolute Gasteiger partial charge is 0.303 e. The van der Waals surface area contributed by atoms with Crippen LogP contribution in [0.1, 0.15) is 19.3 Å². The maximum Gasteiger partial charge on any atom is 0.303 e. The van der Waals surface area contributed by atoms with Gasteiger partial charge in [0.05, 0.1) is 15.7 Å². The van der Waals surface area contributed by atoms with E-state index in [-0.39, 0.29) is 40.9 Å². The average Bonchev–Trinajstić information content (AvgIpc) is 2.25. The minimum atomic E-state index is -0.929. The molecule has 5 nitrogen and oxygen atoms in total. The van der Waals surface area contributed by atoms with Crippen LogP contribution in [0, 0.1) is 0 Å². The highest BCUT2D eigenvalue weighted by molar-refractivity contribution is 6.39. The van der Waals surface area contributed by atoms with E-state index in [4.69, 9.17) is 34.0 Å². The van der Waals surface area contributed by atoms with Crippen molar-refractivity contribution in [3.05, 3.63) is 22.2 Å². The van der Waals surface area contributed by atoms with E-state index in [9.17, 15) is 9.59 Å². The number of benzene rings is 1. The quantitative estimate of drug-likeness (QED) is 0.727. The van der Waals surface area contributed by atoms with E-state index in [1.807, 2.05) is 0 Å². The predicted molar refractivity (Wildman–Crippen MR) is 71.0 cm³/mol. The number of nitrogens with one attached hydrogen (secondary N) is 1. The zero-order chi connectivity index (χ0) is 13.7. The van der Waals surface area contributed by atoms with Crippen LogP contribution in [-0.4, -0.2) is 17.0 Å². The maximum absolute atomic E-state index is 11.5. The highest BCUT2D eigenvalue weighted by Crippen LogP contribution is 2.31. The van der Waals surface area contributed by atoms with Crippen LogP contribution in [-0.2, 0) is 9.59 Å². The first-order chi connectivity index (χ1) is 8.40. The number of nitrogen functional groups attached to an aromatic ring is 1. The molecule has 0 aliphatic carbocycles. The molecule has 1 aromatic carbocycles. The van der Waals surface area contributed by atoms with E-state index in [2.05, 4.69) is 5.32 Å². The van der Waals surface area contributed by atoms with Gasteiger partial charge in [-0.25, -0.2) is 0 Å². The Hall–Kier alpha value is -1.46. The molecule has 0 spiro atoms. The van der Waals surface area contributed by atoms with Crippen molar-refractivity contribution in [3.63, 3.8) is 0 Å². The molecule has 1 amide bonds. The Kier molecular flexibility index (Phi) is 5.25. The Labute approximate surface area is 114 Å². The van der Waals surface area contributed by atoms with Gasteiger partial charge in [-0.1, -0.05) is 23.2 Å². The fourth-order valence-electron chi connectivity index (χ4n) is 1.28. The van der Waals surface area contributed by atoms with Crippen molar-refractivity contribution in [2.45, 2.75) is 19.3 Å². The van der Waals surface area contributed by atoms with Crippen molar-refractivity contribution in [2.75, 3.05) is 11.1 Å². The van der Waals surface area contributed by atoms with Crippen LogP contribution >= 0.6 is 23.2 Å². The number of carbonyl (C=O) groups excluding carboxylic acids is 1. The number of rotatable bonds is 5. The normalized spacial score (nSPS) is 10.1. The van der Waals surface area contributed by atoms with Gasteiger partial charge < -0.3 is 16.2 Å². The predicted octanol–water partition coefficient (Wildman–Crippen LogP) is 2.77. The van der Waals surface area contributed by atoms with Crippen molar-refractivity contribution in [2.24, 2.45) is 0 Å². The Bertz CT molecular complexity index is 454. The second kappa shape index (κ2) is 6.47. The van der Waals surface area contributed by atoms with E-state index in [0.29, 0.717) is 5.69 Å². The molecule has 0 fully saturated rings. The van der Waals surface area contributed by atoms with Crippen molar-refractivity contribution in [1.29, 1.82) is 0 Å². The van der Waals surface area contributed by atoms with Crippen LogP contribution < -0.4 is 11.1 Å². The first-order valence-electron chi connectivity index (χ1n) is 5.16. The fourth-order valence-corrected chi connectivity index (χ4v) is 1.77. The van der Waals surface area contributed by atoms with Crippen LogP contribution in [0.2, 0.25) is 10.0 Å². The number of aliphatic carboxylic acids is 1. The molecule has 4 N–H and O–H groups in total. The molecule has 0 radical (unpaired) electrons. The molecule has 0 aliphatic heterocycles. The summed E-state index contributed by atoms with van der Waals surface area (Å²) >= 11 is 11.6. The highest BCUT2D eigenvalue weighted by atomic mass is 35.5. The SMILES string of the molecule is Nc1c(Cl)cc(NC(=O)CCCC(=O)O)cc1Cl. The van der Waals surface area contributed by atoms with Gasteiger partial charge in [-0.3, -0.25) is 9.59 Å². The largest absolute Gasteiger partial charge is 0.481 e. The van der Waals surface area contributed by atoms with Gasteiger partial charge in [-0.2, -0.15) is 0 Å². The molecule has 0 bridgehead atoms. The minimum absolute atomic E-state index is 0.0450. The number of hydrogen-bond acceptors (Lipinski definition) is 3. The third-order valence-corrected chi connectivity index (χ3v) is 2.78. The Morgan fingerprint density at radius 3 is 2.28 bits per heavy atom. The van der Waals surface area contributed by atoms with Crippen LogP contribution in [0.3, 0.4) is 0 Å². The second-order valence-corrected chi connectivity index (χ2v) is 4.46. The lowest BCUT2D eigenvalue weighted by atomic mass is 10.2. The second-order valence-electron chi connectivity index (χ2n) is 3.65. The van der Waals surface area contributed by atoms with Gasteiger partial charge in [0.15, 0.2) is 0 Å². The lowest BCUT2D eigenvalue weighted by Gasteiger charge is -2.08. The number of carboxylic acids is 1. The average molecular weight is 291 g/mol. The van der Waals surface area contributed by atoms with Gasteiger partial charge in [-0.05, 0) is 18.6 Å². The third kappa shape index (κ3) is 4.43. The van der Waals surface area contributed by atoms with E-state index in [1.54, 1.807) is 0 Å². The summed E-state index contributed by atoms with van der Waals surface area (Å²) in [6.07, 6.45) is 0.347. The Morgan fingerprint density at radius 2 is 1.78 bits per heavy atom. The first kappa shape index (κ1) is 14.6. The summed E-state index contributed by atoms with van der Waals surface area (Å²) in [6.45, 7) is 0. The molecular weight excluding hydrogens is 279 g/mol. The first-order valence-corrected chi connectivity index (χ1v) is 5.92. The number of anilines is 2. The summed E-state index contributed by atoms with van der Waals surface area (Å²) in [5.74, 6) is -1.23. The summed E-state index contributed by atoms with van der Waals surface area (Å²) < 4.78 is 0. The molecule has 0 saturated carbocycles. The van der Waals surface area contributed by atoms with Crippen molar-refractivity contribution in [3.8, 4) is 0 Å². The van der Waals surface area contributed by atoms with E-state index in [0.717, 1.165) is 0 Å². The molecule has 0 heterocycles. The van der Waals surface area contributed by atoms with Crippen LogP contribution in [0.15, 0.2) is 12.1 Å². The molecule has 98 valence electrons. The van der Waals surface area contributed by atoms with Crippen LogP contribution in [0.25, 0.3) is 0 Å². The molecule has 0 saturated heterocycles. The molecule has 1 rings (SSSR count). The van der Waals surface area contributed by atoms with Crippen LogP contribution in [0.4, 0.5) is 11.4 Å². The molecule has 18 heavy (non-hydrogen) atoms. The molecule has 0 atom stereocenters. The molecular formula is C11H12Cl2N2O3. The van der Waals surface area contributed by atoms with Gasteiger partial charge in [0, 0.05) is 18.5 Å². The molecule has 0 unspecified atom stereocenters. The van der Waals surface area contributed by atoms with Gasteiger partial charge in [-0.15, -0.1) is 0 Å². The standard InChI is InChI=1S/C11H12Cl2N2O3/c12-7-4-6(5-8(13)11(7)14)15-9(16)2-1-3-10(17)18/h4-5H,1-3,14H2,(H,15,16)(H,17,18). The summed E-state index contributed by atoms with van der Waals surface area (Å²) in [5.41, 5.74) is 6.24. The minimum Gasteiger partial charge on any atom is -0.481 e.